The molecule has 3 heteroatoms. The minimum atomic E-state index is 0.703. The van der Waals surface area contributed by atoms with Crippen molar-refractivity contribution >= 4 is 5.69 Å². The molecule has 0 saturated carbocycles. The summed E-state index contributed by atoms with van der Waals surface area (Å²) in [5, 5.41) is 0. The zero-order valence-corrected chi connectivity index (χ0v) is 12.9. The van der Waals surface area contributed by atoms with Crippen LogP contribution in [0.4, 0.5) is 5.69 Å². The number of fused-ring (bicyclic) bond motifs is 3. The molecule has 20 heavy (non-hydrogen) atoms. The Morgan fingerprint density at radius 1 is 1.20 bits per heavy atom. The van der Waals surface area contributed by atoms with Gasteiger partial charge in [-0.25, -0.2) is 0 Å². The highest BCUT2D eigenvalue weighted by Gasteiger charge is 2.31. The normalized spacial score (nSPS) is 22.8. The molecule has 1 unspecified atom stereocenters. The fourth-order valence-electron chi connectivity index (χ4n) is 3.66. The van der Waals surface area contributed by atoms with Gasteiger partial charge in [-0.2, -0.15) is 0 Å². The van der Waals surface area contributed by atoms with E-state index in [2.05, 4.69) is 53.1 Å². The smallest absolute Gasteiger partial charge is 0.0458 e. The molecule has 1 fully saturated rings. The van der Waals surface area contributed by atoms with Gasteiger partial charge in [-0.15, -0.1) is 0 Å². The van der Waals surface area contributed by atoms with Crippen molar-refractivity contribution in [3.8, 4) is 0 Å². The van der Waals surface area contributed by atoms with E-state index in [1.807, 2.05) is 0 Å². The third kappa shape index (κ3) is 2.99. The summed E-state index contributed by atoms with van der Waals surface area (Å²) in [5.74, 6) is 0. The maximum atomic E-state index is 2.68. The quantitative estimate of drug-likeness (QED) is 0.831. The highest BCUT2D eigenvalue weighted by atomic mass is 15.3. The predicted molar refractivity (Wildman–Crippen MR) is 85.5 cm³/mol. The molecule has 1 aromatic rings. The summed E-state index contributed by atoms with van der Waals surface area (Å²) in [4.78, 5) is 7.62. The average Bonchev–Trinajstić information content (AvgIpc) is 2.63. The van der Waals surface area contributed by atoms with Crippen molar-refractivity contribution in [2.75, 3.05) is 51.7 Å². The van der Waals surface area contributed by atoms with Crippen LogP contribution in [-0.2, 0) is 6.42 Å². The Kier molecular flexibility index (Phi) is 4.27. The van der Waals surface area contributed by atoms with E-state index in [9.17, 15) is 0 Å². The van der Waals surface area contributed by atoms with Gasteiger partial charge >= 0.3 is 0 Å². The molecule has 110 valence electrons. The molecule has 3 rings (SSSR count). The molecule has 2 heterocycles. The van der Waals surface area contributed by atoms with Crippen molar-refractivity contribution in [3.63, 3.8) is 0 Å². The van der Waals surface area contributed by atoms with Crippen molar-refractivity contribution < 1.29 is 0 Å². The second-order valence-electron chi connectivity index (χ2n) is 6.49. The van der Waals surface area contributed by atoms with Gasteiger partial charge in [-0.05, 0) is 64.6 Å². The molecule has 2 aliphatic heterocycles. The van der Waals surface area contributed by atoms with Crippen LogP contribution in [0.1, 0.15) is 18.4 Å². The minimum absolute atomic E-state index is 0.703. The lowest BCUT2D eigenvalue weighted by Crippen LogP contribution is -2.39. The Labute approximate surface area is 123 Å². The molecule has 0 radical (unpaired) electrons. The molecule has 0 spiro atoms. The maximum absolute atomic E-state index is 2.68. The summed E-state index contributed by atoms with van der Waals surface area (Å²) in [6.07, 6.45) is 3.82. The van der Waals surface area contributed by atoms with Crippen molar-refractivity contribution in [1.29, 1.82) is 0 Å². The maximum Gasteiger partial charge on any atom is 0.0458 e. The largest absolute Gasteiger partial charge is 0.367 e. The Bertz CT molecular complexity index is 444. The number of benzene rings is 1. The number of hydrogen-bond donors (Lipinski definition) is 0. The van der Waals surface area contributed by atoms with Crippen LogP contribution in [0.15, 0.2) is 24.3 Å². The average molecular weight is 273 g/mol. The Balaban J connectivity index is 1.61. The van der Waals surface area contributed by atoms with Gasteiger partial charge < -0.3 is 14.7 Å². The van der Waals surface area contributed by atoms with Crippen LogP contribution < -0.4 is 4.90 Å². The Morgan fingerprint density at radius 3 is 2.90 bits per heavy atom. The zero-order chi connectivity index (χ0) is 13.9. The van der Waals surface area contributed by atoms with Crippen molar-refractivity contribution in [3.05, 3.63) is 29.8 Å². The van der Waals surface area contributed by atoms with Gasteiger partial charge in [0, 0.05) is 24.8 Å². The van der Waals surface area contributed by atoms with Crippen LogP contribution in [0.5, 0.6) is 0 Å². The summed E-state index contributed by atoms with van der Waals surface area (Å²) >= 11 is 0. The van der Waals surface area contributed by atoms with E-state index in [1.54, 1.807) is 5.56 Å². The van der Waals surface area contributed by atoms with E-state index in [0.29, 0.717) is 6.04 Å². The third-order valence-electron chi connectivity index (χ3n) is 4.62. The fourth-order valence-corrected chi connectivity index (χ4v) is 3.66. The highest BCUT2D eigenvalue weighted by Crippen LogP contribution is 2.33. The monoisotopic (exact) mass is 273 g/mol. The Morgan fingerprint density at radius 2 is 2.05 bits per heavy atom. The van der Waals surface area contributed by atoms with Crippen molar-refractivity contribution in [2.24, 2.45) is 0 Å². The van der Waals surface area contributed by atoms with E-state index in [0.717, 1.165) is 0 Å². The van der Waals surface area contributed by atoms with Gasteiger partial charge in [0.15, 0.2) is 0 Å². The topological polar surface area (TPSA) is 9.72 Å². The van der Waals surface area contributed by atoms with Crippen LogP contribution in [0.2, 0.25) is 0 Å². The molecule has 0 aromatic heterocycles. The second-order valence-corrected chi connectivity index (χ2v) is 6.49. The first-order valence-corrected chi connectivity index (χ1v) is 7.95. The number of nitrogens with zero attached hydrogens (tertiary/aromatic N) is 3. The van der Waals surface area contributed by atoms with Crippen LogP contribution in [-0.4, -0.2) is 62.7 Å². The van der Waals surface area contributed by atoms with Crippen LogP contribution in [0, 0.1) is 0 Å². The summed E-state index contributed by atoms with van der Waals surface area (Å²) in [6.45, 7) is 6.18. The SMILES string of the molecule is CN(C)CCCN1CCCN2c3ccccc3CC2C1. The summed E-state index contributed by atoms with van der Waals surface area (Å²) in [6, 6.07) is 9.67. The van der Waals surface area contributed by atoms with Crippen LogP contribution in [0.25, 0.3) is 0 Å². The van der Waals surface area contributed by atoms with E-state index in [-0.39, 0.29) is 0 Å². The van der Waals surface area contributed by atoms with Crippen molar-refractivity contribution in [2.45, 2.75) is 25.3 Å². The Hall–Kier alpha value is -1.06. The molecule has 1 atom stereocenters. The summed E-state index contributed by atoms with van der Waals surface area (Å²) in [5.41, 5.74) is 3.04. The minimum Gasteiger partial charge on any atom is -0.367 e. The summed E-state index contributed by atoms with van der Waals surface area (Å²) in [7, 11) is 4.33. The first-order chi connectivity index (χ1) is 9.74. The number of anilines is 1. The molecule has 3 nitrogen and oxygen atoms in total. The van der Waals surface area contributed by atoms with Gasteiger partial charge in [0.1, 0.15) is 0 Å². The van der Waals surface area contributed by atoms with Crippen LogP contribution >= 0.6 is 0 Å². The predicted octanol–water partition coefficient (Wildman–Crippen LogP) is 2.08. The standard InChI is InChI=1S/C17H27N3/c1-18(2)9-5-10-19-11-6-12-20-16(14-19)13-15-7-3-4-8-17(15)20/h3-4,7-8,16H,5-6,9-14H2,1-2H3. The van der Waals surface area contributed by atoms with E-state index < -0.39 is 0 Å². The number of rotatable bonds is 4. The molecule has 2 aliphatic rings. The zero-order valence-electron chi connectivity index (χ0n) is 12.9. The van der Waals surface area contributed by atoms with Gasteiger partial charge in [0.2, 0.25) is 0 Å². The van der Waals surface area contributed by atoms with Crippen molar-refractivity contribution in [1.82, 2.24) is 9.80 Å². The lowest BCUT2D eigenvalue weighted by Gasteiger charge is -2.27. The summed E-state index contributed by atoms with van der Waals surface area (Å²) < 4.78 is 0. The second kappa shape index (κ2) is 6.15. The molecule has 1 aromatic carbocycles. The van der Waals surface area contributed by atoms with Gasteiger partial charge in [0.25, 0.3) is 0 Å². The first-order valence-electron chi connectivity index (χ1n) is 7.95. The molecule has 0 bridgehead atoms. The van der Waals surface area contributed by atoms with E-state index in [4.69, 9.17) is 0 Å². The molecule has 0 N–H and O–H groups in total. The van der Waals surface area contributed by atoms with Gasteiger partial charge in [0.05, 0.1) is 0 Å². The van der Waals surface area contributed by atoms with E-state index in [1.165, 1.54) is 57.7 Å². The molecule has 1 saturated heterocycles. The lowest BCUT2D eigenvalue weighted by molar-refractivity contribution is 0.255. The fraction of sp³-hybridized carbons (Fsp3) is 0.647. The first kappa shape index (κ1) is 13.9. The molecular weight excluding hydrogens is 246 g/mol. The number of para-hydroxylation sites is 1. The molecule has 0 amide bonds. The highest BCUT2D eigenvalue weighted by molar-refractivity contribution is 5.59. The van der Waals surface area contributed by atoms with Gasteiger partial charge in [-0.1, -0.05) is 18.2 Å². The number of hydrogen-bond acceptors (Lipinski definition) is 3. The van der Waals surface area contributed by atoms with Gasteiger partial charge in [-0.3, -0.25) is 0 Å². The molecule has 0 aliphatic carbocycles. The van der Waals surface area contributed by atoms with E-state index >= 15 is 0 Å². The van der Waals surface area contributed by atoms with Crippen LogP contribution in [0.3, 0.4) is 0 Å². The third-order valence-corrected chi connectivity index (χ3v) is 4.62. The molecular formula is C17H27N3. The lowest BCUT2D eigenvalue weighted by atomic mass is 10.1.